The monoisotopic (exact) mass is 426 g/mol. The van der Waals surface area contributed by atoms with Gasteiger partial charge in [0, 0.05) is 28.4 Å². The van der Waals surface area contributed by atoms with Gasteiger partial charge in [-0.05, 0) is 47.0 Å². The molecule has 0 unspecified atom stereocenters. The summed E-state index contributed by atoms with van der Waals surface area (Å²) in [5.74, 6) is 0.553. The maximum Gasteiger partial charge on any atom is 0.232 e. The molecule has 2 heterocycles. The Bertz CT molecular complexity index is 1210. The lowest BCUT2D eigenvalue weighted by molar-refractivity contribution is 0.398. The molecule has 2 aromatic carbocycles. The van der Waals surface area contributed by atoms with Gasteiger partial charge in [0.15, 0.2) is 0 Å². The summed E-state index contributed by atoms with van der Waals surface area (Å²) in [6.07, 6.45) is 6.86. The fourth-order valence-corrected chi connectivity index (χ4v) is 4.42. The Kier molecular flexibility index (Phi) is 5.06. The second kappa shape index (κ2) is 7.54. The first-order chi connectivity index (χ1) is 13.8. The number of pyridine rings is 1. The summed E-state index contributed by atoms with van der Waals surface area (Å²) >= 11 is 6.14. The topological polar surface area (TPSA) is 59.5 Å². The molecule has 0 fully saturated rings. The molecule has 5 nitrogen and oxygen atoms in total. The molecule has 148 valence electrons. The van der Waals surface area contributed by atoms with Crippen molar-refractivity contribution in [3.05, 3.63) is 76.4 Å². The van der Waals surface area contributed by atoms with Crippen molar-refractivity contribution < 1.29 is 13.2 Å². The third kappa shape index (κ3) is 3.99. The van der Waals surface area contributed by atoms with Crippen LogP contribution in [0.25, 0.3) is 23.3 Å². The molecule has 0 aliphatic carbocycles. The Morgan fingerprint density at radius 2 is 1.76 bits per heavy atom. The van der Waals surface area contributed by atoms with Crippen molar-refractivity contribution in [1.82, 2.24) is 4.98 Å². The van der Waals surface area contributed by atoms with Crippen molar-refractivity contribution in [2.45, 2.75) is 6.54 Å². The molecular formula is C22H19ClN2O3S. The average Bonchev–Trinajstić information content (AvgIpc) is 2.69. The Labute approximate surface area is 175 Å². The molecule has 4 rings (SSSR count). The molecule has 1 aromatic heterocycles. The maximum absolute atomic E-state index is 12.5. The van der Waals surface area contributed by atoms with Gasteiger partial charge >= 0.3 is 0 Å². The van der Waals surface area contributed by atoms with E-state index in [-0.39, 0.29) is 6.54 Å². The fourth-order valence-electron chi connectivity index (χ4n) is 3.35. The minimum Gasteiger partial charge on any atom is -0.481 e. The summed E-state index contributed by atoms with van der Waals surface area (Å²) < 4.78 is 31.5. The molecule has 1 aliphatic heterocycles. The number of halogens is 1. The molecule has 3 aromatic rings. The highest BCUT2D eigenvalue weighted by Crippen LogP contribution is 2.33. The van der Waals surface area contributed by atoms with E-state index >= 15 is 0 Å². The van der Waals surface area contributed by atoms with Crippen LogP contribution in [0.15, 0.2) is 54.7 Å². The predicted octanol–water partition coefficient (Wildman–Crippen LogP) is 4.86. The van der Waals surface area contributed by atoms with E-state index in [1.54, 1.807) is 31.5 Å². The zero-order valence-electron chi connectivity index (χ0n) is 16.0. The van der Waals surface area contributed by atoms with Crippen LogP contribution in [0.1, 0.15) is 16.7 Å². The van der Waals surface area contributed by atoms with E-state index in [2.05, 4.69) is 4.98 Å². The van der Waals surface area contributed by atoms with Gasteiger partial charge in [0.1, 0.15) is 0 Å². The van der Waals surface area contributed by atoms with Crippen molar-refractivity contribution in [3.8, 4) is 17.0 Å². The van der Waals surface area contributed by atoms with Crippen molar-refractivity contribution in [2.24, 2.45) is 0 Å². The lowest BCUT2D eigenvalue weighted by atomic mass is 9.97. The number of fused-ring (bicyclic) bond motifs is 2. The normalized spacial score (nSPS) is 13.3. The van der Waals surface area contributed by atoms with Crippen LogP contribution in [0.5, 0.6) is 5.88 Å². The Balaban J connectivity index is 1.83. The summed E-state index contributed by atoms with van der Waals surface area (Å²) in [6.45, 7) is 0.244. The molecule has 0 spiro atoms. The summed E-state index contributed by atoms with van der Waals surface area (Å²) in [5, 5.41) is 0.556. The number of aromatic nitrogens is 1. The smallest absolute Gasteiger partial charge is 0.232 e. The molecule has 29 heavy (non-hydrogen) atoms. The van der Waals surface area contributed by atoms with Crippen molar-refractivity contribution in [3.63, 3.8) is 0 Å². The van der Waals surface area contributed by atoms with Gasteiger partial charge in [0.05, 0.1) is 25.6 Å². The molecule has 0 saturated carbocycles. The number of ether oxygens (including phenoxy) is 1. The van der Waals surface area contributed by atoms with Gasteiger partial charge < -0.3 is 4.74 Å². The minimum atomic E-state index is -3.47. The predicted molar refractivity (Wildman–Crippen MR) is 118 cm³/mol. The van der Waals surface area contributed by atoms with E-state index in [1.807, 2.05) is 42.5 Å². The van der Waals surface area contributed by atoms with E-state index in [1.165, 1.54) is 10.6 Å². The fraction of sp³-hybridized carbons (Fsp3) is 0.136. The van der Waals surface area contributed by atoms with Crippen LogP contribution in [0, 0.1) is 0 Å². The lowest BCUT2D eigenvalue weighted by Gasteiger charge is -2.27. The largest absolute Gasteiger partial charge is 0.481 e. The zero-order chi connectivity index (χ0) is 20.6. The quantitative estimate of drug-likeness (QED) is 0.600. The van der Waals surface area contributed by atoms with Crippen LogP contribution in [0.3, 0.4) is 0 Å². The minimum absolute atomic E-state index is 0.244. The SMILES string of the molecule is COc1ccc(-c2ccc3c(c2)C=Cc2cc(Cl)ccc2N(S(C)(=O)=O)C3)cn1. The first-order valence-corrected chi connectivity index (χ1v) is 11.2. The number of anilines is 1. The molecule has 0 atom stereocenters. The Morgan fingerprint density at radius 1 is 1.00 bits per heavy atom. The molecule has 0 saturated heterocycles. The van der Waals surface area contributed by atoms with E-state index in [0.29, 0.717) is 16.6 Å². The molecular weight excluding hydrogens is 408 g/mol. The van der Waals surface area contributed by atoms with Crippen LogP contribution >= 0.6 is 11.6 Å². The number of hydrogen-bond acceptors (Lipinski definition) is 4. The Hall–Kier alpha value is -2.83. The summed E-state index contributed by atoms with van der Waals surface area (Å²) in [4.78, 5) is 4.26. The maximum atomic E-state index is 12.5. The molecule has 0 radical (unpaired) electrons. The number of nitrogens with zero attached hydrogens (tertiary/aromatic N) is 2. The second-order valence-corrected chi connectivity index (χ2v) is 9.15. The van der Waals surface area contributed by atoms with Crippen molar-refractivity contribution in [2.75, 3.05) is 17.7 Å². The number of hydrogen-bond donors (Lipinski definition) is 0. The highest BCUT2D eigenvalue weighted by Gasteiger charge is 2.23. The van der Waals surface area contributed by atoms with E-state index < -0.39 is 10.0 Å². The van der Waals surface area contributed by atoms with Crippen LogP contribution in [0.4, 0.5) is 5.69 Å². The van der Waals surface area contributed by atoms with Gasteiger partial charge in [-0.1, -0.05) is 35.9 Å². The van der Waals surface area contributed by atoms with Crippen LogP contribution in [-0.4, -0.2) is 26.8 Å². The van der Waals surface area contributed by atoms with Gasteiger partial charge in [-0.25, -0.2) is 13.4 Å². The Morgan fingerprint density at radius 3 is 2.45 bits per heavy atom. The number of methoxy groups -OCH3 is 1. The first-order valence-electron chi connectivity index (χ1n) is 8.94. The number of rotatable bonds is 3. The molecule has 1 aliphatic rings. The third-order valence-corrected chi connectivity index (χ3v) is 6.20. The number of sulfonamides is 1. The van der Waals surface area contributed by atoms with Gasteiger partial charge in [-0.15, -0.1) is 0 Å². The molecule has 0 N–H and O–H groups in total. The standard InChI is InChI=1S/C22H19ClN2O3S/c1-28-22-10-7-18(13-24-22)15-4-6-19-14-25(29(2,26)27)21-9-8-20(23)12-17(21)5-3-16(19)11-15/h3-13H,14H2,1-2H3. The summed E-state index contributed by atoms with van der Waals surface area (Å²) in [6, 6.07) is 14.9. The summed E-state index contributed by atoms with van der Waals surface area (Å²) in [5.41, 5.74) is 5.16. The zero-order valence-corrected chi connectivity index (χ0v) is 17.5. The van der Waals surface area contributed by atoms with E-state index in [9.17, 15) is 8.42 Å². The number of benzene rings is 2. The van der Waals surface area contributed by atoms with Crippen LogP contribution in [0.2, 0.25) is 5.02 Å². The van der Waals surface area contributed by atoms with Gasteiger partial charge in [-0.2, -0.15) is 0 Å². The highest BCUT2D eigenvalue weighted by molar-refractivity contribution is 7.92. The van der Waals surface area contributed by atoms with Crippen molar-refractivity contribution in [1.29, 1.82) is 0 Å². The average molecular weight is 427 g/mol. The van der Waals surface area contributed by atoms with Crippen molar-refractivity contribution >= 4 is 39.5 Å². The summed E-state index contributed by atoms with van der Waals surface area (Å²) in [7, 11) is -1.89. The highest BCUT2D eigenvalue weighted by atomic mass is 35.5. The first kappa shape index (κ1) is 19.5. The van der Waals surface area contributed by atoms with Gasteiger partial charge in [-0.3, -0.25) is 4.31 Å². The van der Waals surface area contributed by atoms with Gasteiger partial charge in [0.25, 0.3) is 0 Å². The van der Waals surface area contributed by atoms with Crippen LogP contribution in [-0.2, 0) is 16.6 Å². The second-order valence-electron chi connectivity index (χ2n) is 6.81. The van der Waals surface area contributed by atoms with E-state index in [0.717, 1.165) is 27.8 Å². The molecule has 0 bridgehead atoms. The molecule has 7 heteroatoms. The molecule has 0 amide bonds. The van der Waals surface area contributed by atoms with Gasteiger partial charge in [0.2, 0.25) is 15.9 Å². The van der Waals surface area contributed by atoms with Crippen LogP contribution < -0.4 is 9.04 Å². The third-order valence-electron chi connectivity index (χ3n) is 4.84. The lowest BCUT2D eigenvalue weighted by Crippen LogP contribution is -2.30. The van der Waals surface area contributed by atoms with E-state index in [4.69, 9.17) is 16.3 Å².